The van der Waals surface area contributed by atoms with Crippen molar-refractivity contribution in [2.24, 2.45) is 0 Å². The number of amides is 1. The lowest BCUT2D eigenvalue weighted by molar-refractivity contribution is -0.117. The van der Waals surface area contributed by atoms with E-state index in [1.54, 1.807) is 36.4 Å². The van der Waals surface area contributed by atoms with E-state index < -0.39 is 15.9 Å². The van der Waals surface area contributed by atoms with Crippen LogP contribution in [0.3, 0.4) is 0 Å². The topological polar surface area (TPSA) is 72.9 Å². The molecule has 2 aromatic rings. The van der Waals surface area contributed by atoms with Gasteiger partial charge in [0, 0.05) is 22.5 Å². The minimum atomic E-state index is -3.38. The van der Waals surface area contributed by atoms with Crippen LogP contribution in [0.2, 0.25) is 5.02 Å². The molecule has 0 spiro atoms. The standard InChI is InChI=1S/C20H22ClNO5S/c1-4-27-19-10-13(8-9-18(19)26-2)17(12-28(3,24)25)22-16-7-5-6-15(21)14(16)11-20(22)23/h5-10,17H,4,11-12H2,1-3H3/t17-/m1/s1. The third kappa shape index (κ3) is 4.10. The Morgan fingerprint density at radius 3 is 2.61 bits per heavy atom. The van der Waals surface area contributed by atoms with Crippen LogP contribution in [0.25, 0.3) is 0 Å². The van der Waals surface area contributed by atoms with E-state index in [4.69, 9.17) is 21.1 Å². The minimum Gasteiger partial charge on any atom is -0.493 e. The fraction of sp³-hybridized carbons (Fsp3) is 0.350. The molecule has 1 heterocycles. The second-order valence-corrected chi connectivity index (χ2v) is 9.22. The molecule has 0 saturated carbocycles. The lowest BCUT2D eigenvalue weighted by atomic mass is 10.1. The maximum absolute atomic E-state index is 12.8. The van der Waals surface area contributed by atoms with Crippen molar-refractivity contribution in [2.75, 3.05) is 30.6 Å². The van der Waals surface area contributed by atoms with Crippen LogP contribution in [-0.2, 0) is 21.1 Å². The molecule has 1 aliphatic heterocycles. The second-order valence-electron chi connectivity index (χ2n) is 6.63. The third-order valence-corrected chi connectivity index (χ3v) is 5.87. The van der Waals surface area contributed by atoms with E-state index in [-0.39, 0.29) is 18.1 Å². The monoisotopic (exact) mass is 423 g/mol. The van der Waals surface area contributed by atoms with E-state index in [0.29, 0.717) is 39.9 Å². The largest absolute Gasteiger partial charge is 0.493 e. The average Bonchev–Trinajstić information content (AvgIpc) is 2.96. The summed E-state index contributed by atoms with van der Waals surface area (Å²) in [5, 5.41) is 0.496. The fourth-order valence-corrected chi connectivity index (χ4v) is 4.59. The van der Waals surface area contributed by atoms with E-state index in [9.17, 15) is 13.2 Å². The summed E-state index contributed by atoms with van der Waals surface area (Å²) in [6, 6.07) is 9.77. The summed E-state index contributed by atoms with van der Waals surface area (Å²) in [6.45, 7) is 2.28. The highest BCUT2D eigenvalue weighted by atomic mass is 35.5. The summed E-state index contributed by atoms with van der Waals surface area (Å²) < 4.78 is 35.3. The molecule has 1 atom stereocenters. The first kappa shape index (κ1) is 20.5. The van der Waals surface area contributed by atoms with Crippen LogP contribution in [0.4, 0.5) is 5.69 Å². The van der Waals surface area contributed by atoms with Gasteiger partial charge in [0.15, 0.2) is 11.5 Å². The Kier molecular flexibility index (Phi) is 5.86. The van der Waals surface area contributed by atoms with Gasteiger partial charge in [0.1, 0.15) is 9.84 Å². The predicted molar refractivity (Wildman–Crippen MR) is 109 cm³/mol. The molecular weight excluding hydrogens is 402 g/mol. The van der Waals surface area contributed by atoms with Crippen molar-refractivity contribution in [2.45, 2.75) is 19.4 Å². The Labute approximate surface area is 169 Å². The van der Waals surface area contributed by atoms with Crippen LogP contribution in [0, 0.1) is 0 Å². The Hall–Kier alpha value is -2.25. The molecule has 0 aliphatic carbocycles. The average molecular weight is 424 g/mol. The van der Waals surface area contributed by atoms with Gasteiger partial charge in [0.05, 0.1) is 31.9 Å². The zero-order valence-electron chi connectivity index (χ0n) is 15.9. The highest BCUT2D eigenvalue weighted by molar-refractivity contribution is 7.90. The number of methoxy groups -OCH3 is 1. The highest BCUT2D eigenvalue weighted by Crippen LogP contribution is 2.41. The molecule has 1 aliphatic rings. The molecule has 1 amide bonds. The van der Waals surface area contributed by atoms with Crippen molar-refractivity contribution in [1.82, 2.24) is 0 Å². The van der Waals surface area contributed by atoms with Gasteiger partial charge in [-0.2, -0.15) is 0 Å². The summed E-state index contributed by atoms with van der Waals surface area (Å²) in [5.41, 5.74) is 2.00. The number of anilines is 1. The predicted octanol–water partition coefficient (Wildman–Crippen LogP) is 3.42. The molecule has 0 bridgehead atoms. The van der Waals surface area contributed by atoms with E-state index >= 15 is 0 Å². The molecule has 0 aromatic heterocycles. The zero-order valence-corrected chi connectivity index (χ0v) is 17.5. The van der Waals surface area contributed by atoms with Crippen LogP contribution >= 0.6 is 11.6 Å². The second kappa shape index (κ2) is 8.01. The smallest absolute Gasteiger partial charge is 0.232 e. The van der Waals surface area contributed by atoms with Gasteiger partial charge < -0.3 is 14.4 Å². The van der Waals surface area contributed by atoms with Gasteiger partial charge in [0.2, 0.25) is 5.91 Å². The number of benzene rings is 2. The molecule has 150 valence electrons. The van der Waals surface area contributed by atoms with Gasteiger partial charge in [-0.25, -0.2) is 8.42 Å². The summed E-state index contributed by atoms with van der Waals surface area (Å²) >= 11 is 6.26. The molecule has 2 aromatic carbocycles. The fourth-order valence-electron chi connectivity index (χ4n) is 3.44. The number of carbonyl (C=O) groups is 1. The van der Waals surface area contributed by atoms with Gasteiger partial charge in [0.25, 0.3) is 0 Å². The molecule has 0 fully saturated rings. The number of hydrogen-bond donors (Lipinski definition) is 0. The van der Waals surface area contributed by atoms with Gasteiger partial charge >= 0.3 is 0 Å². The molecule has 0 N–H and O–H groups in total. The zero-order chi connectivity index (χ0) is 20.5. The number of nitrogens with zero attached hydrogens (tertiary/aromatic N) is 1. The molecule has 8 heteroatoms. The molecule has 6 nitrogen and oxygen atoms in total. The van der Waals surface area contributed by atoms with Crippen molar-refractivity contribution >= 4 is 33.0 Å². The van der Waals surface area contributed by atoms with Gasteiger partial charge in [-0.1, -0.05) is 23.7 Å². The number of ether oxygens (including phenoxy) is 2. The van der Waals surface area contributed by atoms with Crippen LogP contribution < -0.4 is 14.4 Å². The minimum absolute atomic E-state index is 0.143. The molecule has 28 heavy (non-hydrogen) atoms. The molecular formula is C20H22ClNO5S. The Bertz CT molecular complexity index is 1010. The van der Waals surface area contributed by atoms with Crippen molar-refractivity contribution in [3.05, 3.63) is 52.5 Å². The van der Waals surface area contributed by atoms with E-state index in [1.807, 2.05) is 6.92 Å². The van der Waals surface area contributed by atoms with Crippen molar-refractivity contribution in [1.29, 1.82) is 0 Å². The Morgan fingerprint density at radius 1 is 1.21 bits per heavy atom. The van der Waals surface area contributed by atoms with E-state index in [2.05, 4.69) is 0 Å². The van der Waals surface area contributed by atoms with Crippen molar-refractivity contribution in [3.8, 4) is 11.5 Å². The lowest BCUT2D eigenvalue weighted by Crippen LogP contribution is -2.35. The van der Waals surface area contributed by atoms with Crippen LogP contribution in [0.15, 0.2) is 36.4 Å². The number of hydrogen-bond acceptors (Lipinski definition) is 5. The molecule has 0 saturated heterocycles. The number of sulfone groups is 1. The highest BCUT2D eigenvalue weighted by Gasteiger charge is 2.37. The number of halogens is 1. The maximum atomic E-state index is 12.8. The van der Waals surface area contributed by atoms with E-state index in [1.165, 1.54) is 12.0 Å². The van der Waals surface area contributed by atoms with Gasteiger partial charge in [-0.15, -0.1) is 0 Å². The summed E-state index contributed by atoms with van der Waals surface area (Å²) in [4.78, 5) is 14.4. The number of fused-ring (bicyclic) bond motifs is 1. The van der Waals surface area contributed by atoms with Crippen LogP contribution in [0.5, 0.6) is 11.5 Å². The molecule has 0 unspecified atom stereocenters. The lowest BCUT2D eigenvalue weighted by Gasteiger charge is -2.29. The molecule has 3 rings (SSSR count). The Morgan fingerprint density at radius 2 is 1.96 bits per heavy atom. The number of rotatable bonds is 7. The summed E-state index contributed by atoms with van der Waals surface area (Å²) in [5.74, 6) is 0.632. The van der Waals surface area contributed by atoms with Gasteiger partial charge in [-0.3, -0.25) is 4.79 Å². The van der Waals surface area contributed by atoms with Crippen molar-refractivity contribution < 1.29 is 22.7 Å². The maximum Gasteiger partial charge on any atom is 0.232 e. The van der Waals surface area contributed by atoms with Crippen LogP contribution in [0.1, 0.15) is 24.1 Å². The SMILES string of the molecule is CCOc1cc([C@@H](CS(C)(=O)=O)N2C(=O)Cc3c(Cl)cccc32)ccc1OC. The van der Waals surface area contributed by atoms with E-state index in [0.717, 1.165) is 6.26 Å². The first-order valence-corrected chi connectivity index (χ1v) is 11.3. The Balaban J connectivity index is 2.13. The number of carbonyl (C=O) groups excluding carboxylic acids is 1. The first-order chi connectivity index (χ1) is 13.2. The first-order valence-electron chi connectivity index (χ1n) is 8.83. The van der Waals surface area contributed by atoms with Crippen LogP contribution in [-0.4, -0.2) is 40.1 Å². The normalized spacial score (nSPS) is 14.7. The van der Waals surface area contributed by atoms with Gasteiger partial charge in [-0.05, 0) is 36.8 Å². The molecule has 0 radical (unpaired) electrons. The summed E-state index contributed by atoms with van der Waals surface area (Å²) in [6.07, 6.45) is 1.30. The third-order valence-electron chi connectivity index (χ3n) is 4.59. The summed E-state index contributed by atoms with van der Waals surface area (Å²) in [7, 11) is -1.85. The van der Waals surface area contributed by atoms with Crippen molar-refractivity contribution in [3.63, 3.8) is 0 Å². The quantitative estimate of drug-likeness (QED) is 0.682.